The van der Waals surface area contributed by atoms with Crippen LogP contribution in [0.1, 0.15) is 90.2 Å². The molecular weight excluding hydrogens is 328 g/mol. The van der Waals surface area contributed by atoms with E-state index in [1.54, 1.807) is 27.7 Å². The molecule has 0 saturated carbocycles. The summed E-state index contributed by atoms with van der Waals surface area (Å²) in [6.07, 6.45) is 2.97. The van der Waals surface area contributed by atoms with Gasteiger partial charge in [0.2, 0.25) is 0 Å². The Kier molecular flexibility index (Phi) is 7.43. The van der Waals surface area contributed by atoms with Crippen molar-refractivity contribution in [3.05, 3.63) is 35.4 Å². The SMILES string of the molecule is CCC(CC(C)(C)C(=O)O)c1ccc(C(CC)CC(C)(C)C(=O)O)cc1. The zero-order valence-corrected chi connectivity index (χ0v) is 17.0. The summed E-state index contributed by atoms with van der Waals surface area (Å²) < 4.78 is 0. The number of hydrogen-bond donors (Lipinski definition) is 2. The van der Waals surface area contributed by atoms with Gasteiger partial charge >= 0.3 is 11.9 Å². The highest BCUT2D eigenvalue weighted by Gasteiger charge is 2.32. The summed E-state index contributed by atoms with van der Waals surface area (Å²) in [7, 11) is 0. The number of carboxylic acid groups (broad SMARTS) is 2. The molecule has 0 fully saturated rings. The Labute approximate surface area is 157 Å². The van der Waals surface area contributed by atoms with E-state index in [9.17, 15) is 19.8 Å². The van der Waals surface area contributed by atoms with Gasteiger partial charge in [-0.15, -0.1) is 0 Å². The predicted octanol–water partition coefficient (Wildman–Crippen LogP) is 5.68. The van der Waals surface area contributed by atoms with E-state index in [0.717, 1.165) is 24.0 Å². The predicted molar refractivity (Wildman–Crippen MR) is 105 cm³/mol. The van der Waals surface area contributed by atoms with Crippen LogP contribution < -0.4 is 0 Å². The quantitative estimate of drug-likeness (QED) is 0.562. The molecule has 1 aromatic rings. The molecule has 1 rings (SSSR count). The van der Waals surface area contributed by atoms with Gasteiger partial charge in [-0.05, 0) is 76.3 Å². The van der Waals surface area contributed by atoms with E-state index in [0.29, 0.717) is 12.8 Å². The zero-order chi connectivity index (χ0) is 20.1. The Morgan fingerprint density at radius 3 is 1.23 bits per heavy atom. The summed E-state index contributed by atoms with van der Waals surface area (Å²) in [6, 6.07) is 8.32. The van der Waals surface area contributed by atoms with Crippen LogP contribution in [0.4, 0.5) is 0 Å². The van der Waals surface area contributed by atoms with Crippen LogP contribution in [0.5, 0.6) is 0 Å². The van der Waals surface area contributed by atoms with Crippen molar-refractivity contribution in [1.82, 2.24) is 0 Å². The van der Waals surface area contributed by atoms with Crippen LogP contribution in [-0.2, 0) is 9.59 Å². The molecule has 26 heavy (non-hydrogen) atoms. The molecule has 0 aliphatic rings. The van der Waals surface area contributed by atoms with Crippen molar-refractivity contribution in [2.45, 2.75) is 79.1 Å². The second-order valence-corrected chi connectivity index (χ2v) is 8.66. The van der Waals surface area contributed by atoms with Crippen LogP contribution in [0.25, 0.3) is 0 Å². The lowest BCUT2D eigenvalue weighted by Gasteiger charge is -2.27. The second kappa shape index (κ2) is 8.70. The fourth-order valence-corrected chi connectivity index (χ4v) is 3.44. The van der Waals surface area contributed by atoms with Crippen LogP contribution in [0, 0.1) is 10.8 Å². The van der Waals surface area contributed by atoms with Crippen molar-refractivity contribution in [3.63, 3.8) is 0 Å². The van der Waals surface area contributed by atoms with Gasteiger partial charge in [-0.2, -0.15) is 0 Å². The molecule has 0 radical (unpaired) electrons. The monoisotopic (exact) mass is 362 g/mol. The molecule has 2 unspecified atom stereocenters. The van der Waals surface area contributed by atoms with Crippen molar-refractivity contribution < 1.29 is 19.8 Å². The average molecular weight is 363 g/mol. The van der Waals surface area contributed by atoms with E-state index in [-0.39, 0.29) is 11.8 Å². The first-order chi connectivity index (χ1) is 11.9. The van der Waals surface area contributed by atoms with Gasteiger partial charge in [0.15, 0.2) is 0 Å². The van der Waals surface area contributed by atoms with Gasteiger partial charge in [0.1, 0.15) is 0 Å². The van der Waals surface area contributed by atoms with Crippen molar-refractivity contribution in [2.24, 2.45) is 10.8 Å². The molecule has 1 aromatic carbocycles. The standard InChI is InChI=1S/C22H34O4/c1-7-15(13-21(3,4)19(23)24)17-9-11-18(12-10-17)16(8-2)14-22(5,6)20(25)26/h9-12,15-16H,7-8,13-14H2,1-6H3,(H,23,24)(H,25,26). The minimum absolute atomic E-state index is 0.200. The minimum atomic E-state index is -0.769. The fraction of sp³-hybridized carbons (Fsp3) is 0.636. The normalized spacial score (nSPS) is 14.7. The van der Waals surface area contributed by atoms with E-state index in [1.165, 1.54) is 0 Å². The molecule has 2 N–H and O–H groups in total. The maximum absolute atomic E-state index is 11.4. The summed E-state index contributed by atoms with van der Waals surface area (Å²) in [5, 5.41) is 18.8. The third kappa shape index (κ3) is 5.58. The first-order valence-corrected chi connectivity index (χ1v) is 9.51. The minimum Gasteiger partial charge on any atom is -0.481 e. The van der Waals surface area contributed by atoms with Crippen LogP contribution in [-0.4, -0.2) is 22.2 Å². The van der Waals surface area contributed by atoms with Crippen molar-refractivity contribution >= 4 is 11.9 Å². The van der Waals surface area contributed by atoms with E-state index >= 15 is 0 Å². The topological polar surface area (TPSA) is 74.6 Å². The number of rotatable bonds is 10. The highest BCUT2D eigenvalue weighted by Crippen LogP contribution is 2.37. The van der Waals surface area contributed by atoms with E-state index in [2.05, 4.69) is 38.1 Å². The first kappa shape index (κ1) is 22.2. The van der Waals surface area contributed by atoms with Gasteiger partial charge in [0.05, 0.1) is 10.8 Å². The molecule has 4 heteroatoms. The van der Waals surface area contributed by atoms with Gasteiger partial charge in [-0.3, -0.25) is 9.59 Å². The maximum Gasteiger partial charge on any atom is 0.309 e. The van der Waals surface area contributed by atoms with E-state index in [4.69, 9.17) is 0 Å². The second-order valence-electron chi connectivity index (χ2n) is 8.66. The Bertz CT molecular complexity index is 559. The Balaban J connectivity index is 2.98. The third-order valence-electron chi connectivity index (χ3n) is 5.54. The Hall–Kier alpha value is -1.84. The van der Waals surface area contributed by atoms with Gasteiger partial charge in [0.25, 0.3) is 0 Å². The van der Waals surface area contributed by atoms with Crippen molar-refractivity contribution in [1.29, 1.82) is 0 Å². The Morgan fingerprint density at radius 1 is 0.769 bits per heavy atom. The lowest BCUT2D eigenvalue weighted by atomic mass is 9.77. The number of aliphatic carboxylic acids is 2. The van der Waals surface area contributed by atoms with E-state index in [1.807, 2.05) is 0 Å². The lowest BCUT2D eigenvalue weighted by Crippen LogP contribution is -2.26. The molecule has 4 nitrogen and oxygen atoms in total. The highest BCUT2D eigenvalue weighted by atomic mass is 16.4. The molecule has 0 aliphatic carbocycles. The maximum atomic E-state index is 11.4. The van der Waals surface area contributed by atoms with Gasteiger partial charge in [0, 0.05) is 0 Å². The molecule has 0 amide bonds. The molecule has 0 saturated heterocycles. The number of carboxylic acids is 2. The van der Waals surface area contributed by atoms with Crippen LogP contribution in [0.2, 0.25) is 0 Å². The summed E-state index contributed by atoms with van der Waals surface area (Å²) in [4.78, 5) is 22.9. The third-order valence-corrected chi connectivity index (χ3v) is 5.54. The van der Waals surface area contributed by atoms with Gasteiger partial charge < -0.3 is 10.2 Å². The van der Waals surface area contributed by atoms with Gasteiger partial charge in [-0.25, -0.2) is 0 Å². The van der Waals surface area contributed by atoms with Crippen LogP contribution in [0.15, 0.2) is 24.3 Å². The molecule has 0 aliphatic heterocycles. The van der Waals surface area contributed by atoms with Crippen LogP contribution >= 0.6 is 0 Å². The lowest BCUT2D eigenvalue weighted by molar-refractivity contribution is -0.148. The highest BCUT2D eigenvalue weighted by molar-refractivity contribution is 5.74. The molecular formula is C22H34O4. The Morgan fingerprint density at radius 2 is 1.04 bits per heavy atom. The summed E-state index contributed by atoms with van der Waals surface area (Å²) in [6.45, 7) is 11.3. The average Bonchev–Trinajstić information content (AvgIpc) is 2.57. The summed E-state index contributed by atoms with van der Waals surface area (Å²) in [5.74, 6) is -1.14. The molecule has 2 atom stereocenters. The number of hydrogen-bond acceptors (Lipinski definition) is 2. The zero-order valence-electron chi connectivity index (χ0n) is 17.0. The molecule has 0 aromatic heterocycles. The van der Waals surface area contributed by atoms with Gasteiger partial charge in [-0.1, -0.05) is 38.1 Å². The molecule has 0 heterocycles. The smallest absolute Gasteiger partial charge is 0.309 e. The summed E-state index contributed by atoms with van der Waals surface area (Å²) >= 11 is 0. The largest absolute Gasteiger partial charge is 0.481 e. The van der Waals surface area contributed by atoms with E-state index < -0.39 is 22.8 Å². The van der Waals surface area contributed by atoms with Crippen molar-refractivity contribution in [3.8, 4) is 0 Å². The molecule has 0 spiro atoms. The number of benzene rings is 1. The number of carbonyl (C=O) groups is 2. The first-order valence-electron chi connectivity index (χ1n) is 9.51. The molecule has 146 valence electrons. The van der Waals surface area contributed by atoms with Crippen LogP contribution in [0.3, 0.4) is 0 Å². The fourth-order valence-electron chi connectivity index (χ4n) is 3.44. The van der Waals surface area contributed by atoms with Crippen molar-refractivity contribution in [2.75, 3.05) is 0 Å². The summed E-state index contributed by atoms with van der Waals surface area (Å²) in [5.41, 5.74) is 0.795. The molecule has 0 bridgehead atoms.